The zero-order valence-electron chi connectivity index (χ0n) is 8.08. The number of hydrogen-bond acceptors (Lipinski definition) is 3. The first-order valence-electron chi connectivity index (χ1n) is 4.53. The first-order chi connectivity index (χ1) is 6.31. The number of hydrogen-bond donors (Lipinski definition) is 1. The Balaban J connectivity index is 2.95. The van der Waals surface area contributed by atoms with E-state index in [0.29, 0.717) is 12.3 Å². The van der Waals surface area contributed by atoms with E-state index in [1.165, 1.54) is 0 Å². The largest absolute Gasteiger partial charge is 0.493 e. The number of aliphatic hydroxyl groups excluding tert-OH is 1. The fourth-order valence-corrected chi connectivity index (χ4v) is 1.15. The lowest BCUT2D eigenvalue weighted by atomic mass is 10.2. The Morgan fingerprint density at radius 1 is 1.46 bits per heavy atom. The third-order valence-electron chi connectivity index (χ3n) is 1.84. The molecule has 0 saturated carbocycles. The van der Waals surface area contributed by atoms with E-state index in [4.69, 9.17) is 9.84 Å². The Bertz CT molecular complexity index is 274. The van der Waals surface area contributed by atoms with Gasteiger partial charge in [-0.25, -0.2) is 0 Å². The Kier molecular flexibility index (Phi) is 3.71. The van der Waals surface area contributed by atoms with E-state index in [-0.39, 0.29) is 6.61 Å². The summed E-state index contributed by atoms with van der Waals surface area (Å²) in [5.41, 5.74) is 1.74. The third-order valence-corrected chi connectivity index (χ3v) is 1.84. The summed E-state index contributed by atoms with van der Waals surface area (Å²) in [6.07, 6.45) is 2.66. The highest BCUT2D eigenvalue weighted by atomic mass is 16.5. The van der Waals surface area contributed by atoms with Crippen LogP contribution in [0.3, 0.4) is 0 Å². The molecule has 1 aromatic heterocycles. The summed E-state index contributed by atoms with van der Waals surface area (Å²) in [7, 11) is 0. The van der Waals surface area contributed by atoms with Gasteiger partial charge in [-0.15, -0.1) is 0 Å². The van der Waals surface area contributed by atoms with Gasteiger partial charge in [-0.2, -0.15) is 0 Å². The van der Waals surface area contributed by atoms with Crippen LogP contribution in [0.15, 0.2) is 12.3 Å². The van der Waals surface area contributed by atoms with Crippen LogP contribution in [-0.2, 0) is 13.0 Å². The highest BCUT2D eigenvalue weighted by Gasteiger charge is 2.03. The molecule has 0 aromatic carbocycles. The van der Waals surface area contributed by atoms with E-state index in [9.17, 15) is 0 Å². The van der Waals surface area contributed by atoms with Gasteiger partial charge in [0.1, 0.15) is 5.75 Å². The minimum Gasteiger partial charge on any atom is -0.493 e. The lowest BCUT2D eigenvalue weighted by Gasteiger charge is -2.08. The minimum absolute atomic E-state index is 0.0376. The van der Waals surface area contributed by atoms with E-state index in [0.717, 1.165) is 17.7 Å². The second kappa shape index (κ2) is 4.82. The minimum atomic E-state index is -0.0376. The molecule has 13 heavy (non-hydrogen) atoms. The molecule has 0 amide bonds. The van der Waals surface area contributed by atoms with Crippen molar-refractivity contribution in [3.8, 4) is 5.75 Å². The standard InChI is InChI=1S/C10H15NO2/c1-3-8-6-11-9(7-12)5-10(8)13-4-2/h5-6,12H,3-4,7H2,1-2H3. The second-order valence-electron chi connectivity index (χ2n) is 2.73. The van der Waals surface area contributed by atoms with Gasteiger partial charge in [0.2, 0.25) is 0 Å². The molecule has 0 fully saturated rings. The Labute approximate surface area is 78.4 Å². The van der Waals surface area contributed by atoms with Crippen LogP contribution in [-0.4, -0.2) is 16.7 Å². The summed E-state index contributed by atoms with van der Waals surface area (Å²) < 4.78 is 5.42. The molecule has 0 aliphatic carbocycles. The van der Waals surface area contributed by atoms with Crippen LogP contribution in [0.25, 0.3) is 0 Å². The highest BCUT2D eigenvalue weighted by molar-refractivity contribution is 5.32. The van der Waals surface area contributed by atoms with Gasteiger partial charge in [-0.05, 0) is 13.3 Å². The zero-order valence-corrected chi connectivity index (χ0v) is 8.08. The quantitative estimate of drug-likeness (QED) is 0.766. The highest BCUT2D eigenvalue weighted by Crippen LogP contribution is 2.19. The van der Waals surface area contributed by atoms with Gasteiger partial charge in [0.15, 0.2) is 0 Å². The van der Waals surface area contributed by atoms with E-state index >= 15 is 0 Å². The normalized spacial score (nSPS) is 10.1. The summed E-state index contributed by atoms with van der Waals surface area (Å²) in [4.78, 5) is 4.08. The lowest BCUT2D eigenvalue weighted by molar-refractivity contribution is 0.274. The average Bonchev–Trinajstić information content (AvgIpc) is 2.18. The van der Waals surface area contributed by atoms with Crippen LogP contribution in [0.2, 0.25) is 0 Å². The van der Waals surface area contributed by atoms with Gasteiger partial charge in [-0.3, -0.25) is 4.98 Å². The molecule has 3 nitrogen and oxygen atoms in total. The monoisotopic (exact) mass is 181 g/mol. The maximum absolute atomic E-state index is 8.88. The molecule has 1 rings (SSSR count). The molecule has 3 heteroatoms. The molecule has 0 unspecified atom stereocenters. The summed E-state index contributed by atoms with van der Waals surface area (Å²) >= 11 is 0. The summed E-state index contributed by atoms with van der Waals surface area (Å²) in [5.74, 6) is 0.837. The van der Waals surface area contributed by atoms with Gasteiger partial charge < -0.3 is 9.84 Å². The van der Waals surface area contributed by atoms with E-state index in [2.05, 4.69) is 11.9 Å². The van der Waals surface area contributed by atoms with Crippen LogP contribution in [0.5, 0.6) is 5.75 Å². The van der Waals surface area contributed by atoms with Gasteiger partial charge in [0.05, 0.1) is 18.9 Å². The molecule has 0 radical (unpaired) electrons. The number of nitrogens with zero attached hydrogens (tertiary/aromatic N) is 1. The van der Waals surface area contributed by atoms with Crippen molar-refractivity contribution in [3.63, 3.8) is 0 Å². The zero-order chi connectivity index (χ0) is 9.68. The van der Waals surface area contributed by atoms with E-state index < -0.39 is 0 Å². The molecule has 0 spiro atoms. The molecular weight excluding hydrogens is 166 g/mol. The summed E-state index contributed by atoms with van der Waals surface area (Å²) in [6, 6.07) is 1.79. The first-order valence-corrected chi connectivity index (χ1v) is 4.53. The molecule has 72 valence electrons. The van der Waals surface area contributed by atoms with Crippen molar-refractivity contribution in [2.75, 3.05) is 6.61 Å². The van der Waals surface area contributed by atoms with Crippen molar-refractivity contribution in [3.05, 3.63) is 23.5 Å². The van der Waals surface area contributed by atoms with E-state index in [1.54, 1.807) is 12.3 Å². The maximum atomic E-state index is 8.88. The number of aromatic nitrogens is 1. The van der Waals surface area contributed by atoms with Crippen LogP contribution in [0.1, 0.15) is 25.1 Å². The Morgan fingerprint density at radius 2 is 2.23 bits per heavy atom. The third kappa shape index (κ3) is 2.42. The fourth-order valence-electron chi connectivity index (χ4n) is 1.15. The number of aryl methyl sites for hydroxylation is 1. The van der Waals surface area contributed by atoms with Crippen molar-refractivity contribution >= 4 is 0 Å². The molecule has 1 aromatic rings. The molecular formula is C10H15NO2. The summed E-state index contributed by atoms with van der Waals surface area (Å²) in [6.45, 7) is 4.60. The SMILES string of the molecule is CCOc1cc(CO)ncc1CC. The number of pyridine rings is 1. The van der Waals surface area contributed by atoms with Gasteiger partial charge in [0, 0.05) is 17.8 Å². The Morgan fingerprint density at radius 3 is 2.77 bits per heavy atom. The first kappa shape index (κ1) is 9.99. The number of rotatable bonds is 4. The molecule has 1 heterocycles. The summed E-state index contributed by atoms with van der Waals surface area (Å²) in [5, 5.41) is 8.88. The molecule has 0 saturated heterocycles. The maximum Gasteiger partial charge on any atom is 0.125 e. The number of ether oxygens (including phenoxy) is 1. The average molecular weight is 181 g/mol. The lowest BCUT2D eigenvalue weighted by Crippen LogP contribution is -1.99. The number of aliphatic hydroxyl groups is 1. The van der Waals surface area contributed by atoms with Crippen LogP contribution < -0.4 is 4.74 Å². The van der Waals surface area contributed by atoms with Crippen molar-refractivity contribution in [1.29, 1.82) is 0 Å². The van der Waals surface area contributed by atoms with E-state index in [1.807, 2.05) is 6.92 Å². The predicted octanol–water partition coefficient (Wildman–Crippen LogP) is 1.53. The van der Waals surface area contributed by atoms with Crippen LogP contribution in [0, 0.1) is 0 Å². The predicted molar refractivity (Wildman–Crippen MR) is 50.7 cm³/mol. The second-order valence-corrected chi connectivity index (χ2v) is 2.73. The molecule has 0 aliphatic rings. The van der Waals surface area contributed by atoms with Crippen LogP contribution in [0.4, 0.5) is 0 Å². The molecule has 0 atom stereocenters. The molecule has 0 aliphatic heterocycles. The van der Waals surface area contributed by atoms with Gasteiger partial charge in [-0.1, -0.05) is 6.92 Å². The molecule has 0 bridgehead atoms. The molecule has 1 N–H and O–H groups in total. The smallest absolute Gasteiger partial charge is 0.125 e. The van der Waals surface area contributed by atoms with Gasteiger partial charge >= 0.3 is 0 Å². The van der Waals surface area contributed by atoms with Crippen LogP contribution >= 0.6 is 0 Å². The van der Waals surface area contributed by atoms with Crippen molar-refractivity contribution in [1.82, 2.24) is 4.98 Å². The van der Waals surface area contributed by atoms with Gasteiger partial charge in [0.25, 0.3) is 0 Å². The van der Waals surface area contributed by atoms with Crippen molar-refractivity contribution < 1.29 is 9.84 Å². The topological polar surface area (TPSA) is 42.4 Å². The Hall–Kier alpha value is -1.09. The van der Waals surface area contributed by atoms with Crippen molar-refractivity contribution in [2.45, 2.75) is 26.9 Å². The fraction of sp³-hybridized carbons (Fsp3) is 0.500. The van der Waals surface area contributed by atoms with Crippen molar-refractivity contribution in [2.24, 2.45) is 0 Å².